The lowest BCUT2D eigenvalue weighted by molar-refractivity contribution is -0.117. The van der Waals surface area contributed by atoms with Gasteiger partial charge in [-0.1, -0.05) is 60.7 Å². The van der Waals surface area contributed by atoms with Crippen molar-refractivity contribution in [1.29, 1.82) is 0 Å². The Balaban J connectivity index is 2.02. The van der Waals surface area contributed by atoms with Gasteiger partial charge in [0, 0.05) is 36.4 Å². The number of hydrogen-bond acceptors (Lipinski definition) is 3. The molecular weight excluding hydrogens is 344 g/mol. The van der Waals surface area contributed by atoms with Gasteiger partial charge in [0.2, 0.25) is 0 Å². The summed E-state index contributed by atoms with van der Waals surface area (Å²) in [7, 11) is 0. The number of benzene rings is 2. The van der Waals surface area contributed by atoms with Crippen LogP contribution in [0.15, 0.2) is 79.0 Å². The van der Waals surface area contributed by atoms with Crippen molar-refractivity contribution in [3.05, 3.63) is 101 Å². The van der Waals surface area contributed by atoms with E-state index in [1.807, 2.05) is 72.8 Å². The predicted octanol–water partition coefficient (Wildman–Crippen LogP) is 3.56. The van der Waals surface area contributed by atoms with E-state index >= 15 is 0 Å². The van der Waals surface area contributed by atoms with Crippen LogP contribution in [0.1, 0.15) is 34.6 Å². The summed E-state index contributed by atoms with van der Waals surface area (Å²) in [4.78, 5) is 15.9. The van der Waals surface area contributed by atoms with Crippen LogP contribution in [-0.2, 0) is 22.6 Å². The van der Waals surface area contributed by atoms with Gasteiger partial charge in [0.1, 0.15) is 0 Å². The normalized spacial score (nSPS) is 13.0. The molecule has 0 bridgehead atoms. The largest absolute Gasteiger partial charge is 0.592 e. The molecule has 1 amide bonds. The molecule has 3 rings (SSSR count). The number of pyridine rings is 1. The third-order valence-corrected chi connectivity index (χ3v) is 5.44. The van der Waals surface area contributed by atoms with Crippen molar-refractivity contribution < 1.29 is 9.35 Å². The summed E-state index contributed by atoms with van der Waals surface area (Å²) in [5.74, 6) is -0.313. The molecule has 4 nitrogen and oxygen atoms in total. The fourth-order valence-corrected chi connectivity index (χ4v) is 4.16. The van der Waals surface area contributed by atoms with Gasteiger partial charge in [-0.3, -0.25) is 9.78 Å². The molecule has 0 saturated carbocycles. The van der Waals surface area contributed by atoms with E-state index in [9.17, 15) is 9.35 Å². The topological polar surface area (TPSA) is 65.0 Å². The summed E-state index contributed by atoms with van der Waals surface area (Å²) >= 11 is -1.58. The maximum absolute atomic E-state index is 12.9. The molecule has 5 heteroatoms. The maximum Gasteiger partial charge on any atom is 0.258 e. The molecule has 1 aromatic heterocycles. The summed E-state index contributed by atoms with van der Waals surface area (Å²) in [5, 5.41) is -0.444. The summed E-state index contributed by atoms with van der Waals surface area (Å²) in [6, 6.07) is 23.3. The molecule has 0 aliphatic heterocycles. The number of carbonyl (C=O) groups excluding carboxylic acids is 1. The Bertz CT molecular complexity index is 856. The first-order chi connectivity index (χ1) is 12.6. The quantitative estimate of drug-likeness (QED) is 0.680. The SMILES string of the molecule is CC(=O)N[S+]([O-])C(c1ccccc1)c1ccccc1Cc1ccccn1. The lowest BCUT2D eigenvalue weighted by Gasteiger charge is -2.23. The molecule has 0 aliphatic carbocycles. The van der Waals surface area contributed by atoms with E-state index in [-0.39, 0.29) is 5.91 Å². The zero-order chi connectivity index (χ0) is 18.4. The van der Waals surface area contributed by atoms with Gasteiger partial charge >= 0.3 is 0 Å². The fourth-order valence-electron chi connectivity index (χ4n) is 2.90. The van der Waals surface area contributed by atoms with Crippen molar-refractivity contribution in [2.75, 3.05) is 0 Å². The number of aromatic nitrogens is 1. The molecule has 132 valence electrons. The van der Waals surface area contributed by atoms with Crippen molar-refractivity contribution in [3.63, 3.8) is 0 Å². The van der Waals surface area contributed by atoms with E-state index in [4.69, 9.17) is 0 Å². The average Bonchev–Trinajstić information content (AvgIpc) is 2.64. The number of amides is 1. The first kappa shape index (κ1) is 18.2. The molecule has 3 aromatic rings. The lowest BCUT2D eigenvalue weighted by Crippen LogP contribution is -2.33. The van der Waals surface area contributed by atoms with E-state index in [0.717, 1.165) is 22.4 Å². The number of carbonyl (C=O) groups is 1. The average molecular weight is 364 g/mol. The van der Waals surface area contributed by atoms with Crippen LogP contribution in [0.2, 0.25) is 0 Å². The molecular formula is C21H20N2O2S. The monoisotopic (exact) mass is 364 g/mol. The Morgan fingerprint density at radius 2 is 1.73 bits per heavy atom. The number of rotatable bonds is 6. The highest BCUT2D eigenvalue weighted by molar-refractivity contribution is 7.90. The van der Waals surface area contributed by atoms with E-state index in [1.165, 1.54) is 6.92 Å². The van der Waals surface area contributed by atoms with Crippen molar-refractivity contribution >= 4 is 17.3 Å². The van der Waals surface area contributed by atoms with E-state index in [2.05, 4.69) is 9.71 Å². The Morgan fingerprint density at radius 1 is 1.04 bits per heavy atom. The molecule has 0 saturated heterocycles. The summed E-state index contributed by atoms with van der Waals surface area (Å²) in [6.45, 7) is 1.37. The van der Waals surface area contributed by atoms with Gasteiger partial charge in [0.15, 0.2) is 5.25 Å². The number of hydrogen-bond donors (Lipinski definition) is 1. The maximum atomic E-state index is 12.9. The van der Waals surface area contributed by atoms with Crippen LogP contribution >= 0.6 is 0 Å². The van der Waals surface area contributed by atoms with Crippen LogP contribution in [0.25, 0.3) is 0 Å². The summed E-state index contributed by atoms with van der Waals surface area (Å²) < 4.78 is 15.5. The van der Waals surface area contributed by atoms with Crippen LogP contribution in [0.3, 0.4) is 0 Å². The standard InChI is InChI=1S/C21H20N2O2S/c1-16(24)23-26(25)21(17-9-3-2-4-10-17)20-13-6-5-11-18(20)15-19-12-7-8-14-22-19/h2-14,21H,15H2,1H3,(H,23,24). The molecule has 1 heterocycles. The van der Waals surface area contributed by atoms with Crippen LogP contribution in [-0.4, -0.2) is 15.4 Å². The van der Waals surface area contributed by atoms with Crippen LogP contribution < -0.4 is 4.72 Å². The third-order valence-electron chi connectivity index (χ3n) is 4.00. The highest BCUT2D eigenvalue weighted by Crippen LogP contribution is 2.32. The molecule has 0 radical (unpaired) electrons. The molecule has 0 aliphatic rings. The van der Waals surface area contributed by atoms with Crippen molar-refractivity contribution in [2.24, 2.45) is 0 Å². The highest BCUT2D eigenvalue weighted by atomic mass is 32.2. The van der Waals surface area contributed by atoms with Gasteiger partial charge in [-0.15, -0.1) is 0 Å². The minimum absolute atomic E-state index is 0.313. The smallest absolute Gasteiger partial charge is 0.258 e. The number of nitrogens with one attached hydrogen (secondary N) is 1. The minimum atomic E-state index is -1.58. The number of nitrogens with zero attached hydrogens (tertiary/aromatic N) is 1. The van der Waals surface area contributed by atoms with Crippen molar-refractivity contribution in [3.8, 4) is 0 Å². The second-order valence-corrected chi connectivity index (χ2v) is 7.21. The Morgan fingerprint density at radius 3 is 2.42 bits per heavy atom. The van der Waals surface area contributed by atoms with Crippen molar-refractivity contribution in [2.45, 2.75) is 18.6 Å². The van der Waals surface area contributed by atoms with Gasteiger partial charge in [-0.25, -0.2) is 0 Å². The molecule has 0 spiro atoms. The van der Waals surface area contributed by atoms with Crippen molar-refractivity contribution in [1.82, 2.24) is 9.71 Å². The van der Waals surface area contributed by atoms with Crippen LogP contribution in [0.4, 0.5) is 0 Å². The molecule has 2 atom stereocenters. The minimum Gasteiger partial charge on any atom is -0.592 e. The zero-order valence-electron chi connectivity index (χ0n) is 14.5. The lowest BCUT2D eigenvalue weighted by atomic mass is 9.96. The van der Waals surface area contributed by atoms with Gasteiger partial charge in [0.25, 0.3) is 5.91 Å². The summed E-state index contributed by atoms with van der Waals surface area (Å²) in [5.41, 5.74) is 3.81. The van der Waals surface area contributed by atoms with E-state index < -0.39 is 16.6 Å². The summed E-state index contributed by atoms with van der Waals surface area (Å²) in [6.07, 6.45) is 2.40. The zero-order valence-corrected chi connectivity index (χ0v) is 15.3. The fraction of sp³-hybridized carbons (Fsp3) is 0.143. The van der Waals surface area contributed by atoms with E-state index in [1.54, 1.807) is 6.20 Å². The van der Waals surface area contributed by atoms with E-state index in [0.29, 0.717) is 6.42 Å². The van der Waals surface area contributed by atoms with Gasteiger partial charge in [-0.2, -0.15) is 4.72 Å². The predicted molar refractivity (Wildman–Crippen MR) is 104 cm³/mol. The second kappa shape index (κ2) is 8.65. The first-order valence-electron chi connectivity index (χ1n) is 8.35. The third kappa shape index (κ3) is 4.50. The van der Waals surface area contributed by atoms with Gasteiger partial charge < -0.3 is 4.55 Å². The van der Waals surface area contributed by atoms with Crippen LogP contribution in [0, 0.1) is 0 Å². The van der Waals surface area contributed by atoms with Gasteiger partial charge in [0.05, 0.1) is 11.4 Å². The molecule has 1 N–H and O–H groups in total. The Kier molecular flexibility index (Phi) is 6.04. The van der Waals surface area contributed by atoms with Crippen LogP contribution in [0.5, 0.6) is 0 Å². The molecule has 2 unspecified atom stereocenters. The molecule has 26 heavy (non-hydrogen) atoms. The highest BCUT2D eigenvalue weighted by Gasteiger charge is 2.30. The molecule has 2 aromatic carbocycles. The Labute approximate surface area is 156 Å². The second-order valence-electron chi connectivity index (χ2n) is 5.94. The Hall–Kier alpha value is -2.63. The first-order valence-corrected chi connectivity index (χ1v) is 9.57. The van der Waals surface area contributed by atoms with Gasteiger partial charge in [-0.05, 0) is 17.7 Å². The molecule has 0 fully saturated rings.